The fourth-order valence-corrected chi connectivity index (χ4v) is 1.47. The molecule has 0 saturated carbocycles. The van der Waals surface area contributed by atoms with Gasteiger partial charge in [-0.2, -0.15) is 0 Å². The number of rotatable bonds is 3. The van der Waals surface area contributed by atoms with Crippen molar-refractivity contribution in [3.8, 4) is 0 Å². The predicted molar refractivity (Wildman–Crippen MR) is 42.5 cm³/mol. The van der Waals surface area contributed by atoms with E-state index in [9.17, 15) is 9.59 Å². The summed E-state index contributed by atoms with van der Waals surface area (Å²) in [6, 6.07) is 0. The fourth-order valence-electron chi connectivity index (χ4n) is 1.47. The van der Waals surface area contributed by atoms with Gasteiger partial charge in [0.25, 0.3) is 0 Å². The van der Waals surface area contributed by atoms with E-state index in [1.54, 1.807) is 0 Å². The van der Waals surface area contributed by atoms with E-state index in [0.29, 0.717) is 13.0 Å². The molecule has 68 valence electrons. The van der Waals surface area contributed by atoms with E-state index in [1.165, 1.54) is 0 Å². The normalized spacial score (nSPS) is 25.1. The molecule has 2 N–H and O–H groups in total. The van der Waals surface area contributed by atoms with E-state index in [2.05, 4.69) is 5.32 Å². The van der Waals surface area contributed by atoms with Crippen LogP contribution in [0.15, 0.2) is 0 Å². The number of hydrogen-bond acceptors (Lipinski definition) is 2. The first kappa shape index (κ1) is 9.03. The van der Waals surface area contributed by atoms with Crippen LogP contribution in [-0.2, 0) is 9.59 Å². The number of aliphatic carboxylic acids is 1. The highest BCUT2D eigenvalue weighted by molar-refractivity contribution is 5.78. The topological polar surface area (TPSA) is 66.4 Å². The van der Waals surface area contributed by atoms with Crippen LogP contribution in [0.1, 0.15) is 19.8 Å². The lowest BCUT2D eigenvalue weighted by atomic mass is 9.90. The highest BCUT2D eigenvalue weighted by Gasteiger charge is 2.27. The van der Waals surface area contributed by atoms with E-state index in [-0.39, 0.29) is 24.2 Å². The summed E-state index contributed by atoms with van der Waals surface area (Å²) in [7, 11) is 0. The van der Waals surface area contributed by atoms with Crippen molar-refractivity contribution in [3.05, 3.63) is 0 Å². The molecule has 1 aliphatic heterocycles. The Labute approximate surface area is 71.0 Å². The first-order chi connectivity index (χ1) is 5.59. The first-order valence-electron chi connectivity index (χ1n) is 4.08. The van der Waals surface area contributed by atoms with E-state index < -0.39 is 5.97 Å². The molecule has 0 aromatic heterocycles. The third kappa shape index (κ3) is 2.22. The van der Waals surface area contributed by atoms with Crippen LogP contribution in [0.25, 0.3) is 0 Å². The van der Waals surface area contributed by atoms with Crippen LogP contribution >= 0.6 is 0 Å². The van der Waals surface area contributed by atoms with Gasteiger partial charge < -0.3 is 10.4 Å². The number of hydrogen-bond donors (Lipinski definition) is 2. The Morgan fingerprint density at radius 2 is 2.50 bits per heavy atom. The van der Waals surface area contributed by atoms with Crippen LogP contribution in [0.2, 0.25) is 0 Å². The number of carboxylic acids is 1. The number of carbonyl (C=O) groups is 2. The van der Waals surface area contributed by atoms with Crippen LogP contribution in [0.5, 0.6) is 0 Å². The second kappa shape index (κ2) is 3.56. The average Bonchev–Trinajstić information content (AvgIpc) is 2.34. The van der Waals surface area contributed by atoms with Gasteiger partial charge in [-0.15, -0.1) is 0 Å². The summed E-state index contributed by atoms with van der Waals surface area (Å²) in [5, 5.41) is 11.2. The van der Waals surface area contributed by atoms with Crippen molar-refractivity contribution in [2.75, 3.05) is 6.54 Å². The summed E-state index contributed by atoms with van der Waals surface area (Å²) in [5.41, 5.74) is 0. The SMILES string of the molecule is CC(CC(=O)O)C1CNC(=O)C1. The fraction of sp³-hybridized carbons (Fsp3) is 0.750. The van der Waals surface area contributed by atoms with Crippen molar-refractivity contribution in [1.82, 2.24) is 5.32 Å². The molecule has 1 fully saturated rings. The van der Waals surface area contributed by atoms with Gasteiger partial charge in [0, 0.05) is 19.4 Å². The van der Waals surface area contributed by atoms with Gasteiger partial charge in [-0.3, -0.25) is 9.59 Å². The zero-order chi connectivity index (χ0) is 9.14. The molecule has 0 spiro atoms. The molecule has 1 rings (SSSR count). The second-order valence-corrected chi connectivity index (χ2v) is 3.34. The van der Waals surface area contributed by atoms with E-state index >= 15 is 0 Å². The monoisotopic (exact) mass is 171 g/mol. The molecule has 2 atom stereocenters. The van der Waals surface area contributed by atoms with Gasteiger partial charge in [0.15, 0.2) is 0 Å². The van der Waals surface area contributed by atoms with Crippen molar-refractivity contribution in [2.24, 2.45) is 11.8 Å². The molecule has 1 saturated heterocycles. The predicted octanol–water partition coefficient (Wildman–Crippen LogP) is 0.233. The lowest BCUT2D eigenvalue weighted by Crippen LogP contribution is -2.18. The lowest BCUT2D eigenvalue weighted by molar-refractivity contribution is -0.138. The van der Waals surface area contributed by atoms with Crippen LogP contribution in [0.3, 0.4) is 0 Å². The molecule has 2 unspecified atom stereocenters. The van der Waals surface area contributed by atoms with Gasteiger partial charge in [0.1, 0.15) is 0 Å². The number of nitrogens with one attached hydrogen (secondary N) is 1. The van der Waals surface area contributed by atoms with Gasteiger partial charge in [0.05, 0.1) is 0 Å². The zero-order valence-electron chi connectivity index (χ0n) is 7.04. The standard InChI is InChI=1S/C8H13NO3/c1-5(2-8(11)12)6-3-7(10)9-4-6/h5-6H,2-4H2,1H3,(H,9,10)(H,11,12). The highest BCUT2D eigenvalue weighted by Crippen LogP contribution is 2.21. The molecular formula is C8H13NO3. The van der Waals surface area contributed by atoms with Gasteiger partial charge in [-0.05, 0) is 11.8 Å². The highest BCUT2D eigenvalue weighted by atomic mass is 16.4. The molecule has 0 radical (unpaired) electrons. The quantitative estimate of drug-likeness (QED) is 0.639. The molecule has 0 aromatic carbocycles. The van der Waals surface area contributed by atoms with Gasteiger partial charge in [-0.1, -0.05) is 6.92 Å². The summed E-state index contributed by atoms with van der Waals surface area (Å²) in [6.07, 6.45) is 0.633. The minimum atomic E-state index is -0.790. The van der Waals surface area contributed by atoms with Crippen molar-refractivity contribution < 1.29 is 14.7 Å². The van der Waals surface area contributed by atoms with Crippen molar-refractivity contribution >= 4 is 11.9 Å². The van der Waals surface area contributed by atoms with Crippen LogP contribution in [0, 0.1) is 11.8 Å². The number of amides is 1. The lowest BCUT2D eigenvalue weighted by Gasteiger charge is -2.13. The maximum atomic E-state index is 10.8. The molecule has 4 heteroatoms. The van der Waals surface area contributed by atoms with E-state index in [1.807, 2.05) is 6.92 Å². The largest absolute Gasteiger partial charge is 0.481 e. The molecule has 0 bridgehead atoms. The Hall–Kier alpha value is -1.06. The smallest absolute Gasteiger partial charge is 0.303 e. The summed E-state index contributed by atoms with van der Waals surface area (Å²) in [5.74, 6) is -0.464. The summed E-state index contributed by atoms with van der Waals surface area (Å²) >= 11 is 0. The zero-order valence-corrected chi connectivity index (χ0v) is 7.04. The molecule has 12 heavy (non-hydrogen) atoms. The minimum Gasteiger partial charge on any atom is -0.481 e. The third-order valence-corrected chi connectivity index (χ3v) is 2.31. The third-order valence-electron chi connectivity index (χ3n) is 2.31. The molecule has 1 aliphatic rings. The number of carboxylic acid groups (broad SMARTS) is 1. The van der Waals surface area contributed by atoms with E-state index in [0.717, 1.165) is 0 Å². The molecule has 1 amide bonds. The molecule has 1 heterocycles. The van der Waals surface area contributed by atoms with E-state index in [4.69, 9.17) is 5.11 Å². The Morgan fingerprint density at radius 3 is 2.92 bits per heavy atom. The summed E-state index contributed by atoms with van der Waals surface area (Å²) < 4.78 is 0. The van der Waals surface area contributed by atoms with Crippen LogP contribution in [0.4, 0.5) is 0 Å². The maximum Gasteiger partial charge on any atom is 0.303 e. The summed E-state index contributed by atoms with van der Waals surface area (Å²) in [6.45, 7) is 2.51. The summed E-state index contributed by atoms with van der Waals surface area (Å²) in [4.78, 5) is 21.1. The maximum absolute atomic E-state index is 10.8. The van der Waals surface area contributed by atoms with Gasteiger partial charge in [-0.25, -0.2) is 0 Å². The molecule has 0 aliphatic carbocycles. The van der Waals surface area contributed by atoms with Gasteiger partial charge >= 0.3 is 5.97 Å². The second-order valence-electron chi connectivity index (χ2n) is 3.34. The Morgan fingerprint density at radius 1 is 1.83 bits per heavy atom. The van der Waals surface area contributed by atoms with Gasteiger partial charge in [0.2, 0.25) is 5.91 Å². The average molecular weight is 171 g/mol. The molecular weight excluding hydrogens is 158 g/mol. The Bertz CT molecular complexity index is 202. The molecule has 4 nitrogen and oxygen atoms in total. The molecule has 0 aromatic rings. The van der Waals surface area contributed by atoms with Crippen LogP contribution < -0.4 is 5.32 Å². The first-order valence-corrected chi connectivity index (χ1v) is 4.08. The van der Waals surface area contributed by atoms with Crippen LogP contribution in [-0.4, -0.2) is 23.5 Å². The Balaban J connectivity index is 2.37. The minimum absolute atomic E-state index is 0.0391. The Kier molecular flexibility index (Phi) is 2.68. The van der Waals surface area contributed by atoms with Crippen molar-refractivity contribution in [1.29, 1.82) is 0 Å². The van der Waals surface area contributed by atoms with Crippen molar-refractivity contribution in [2.45, 2.75) is 19.8 Å². The number of carbonyl (C=O) groups excluding carboxylic acids is 1. The van der Waals surface area contributed by atoms with Crippen molar-refractivity contribution in [3.63, 3.8) is 0 Å².